The van der Waals surface area contributed by atoms with Gasteiger partial charge in [0.05, 0.1) is 23.4 Å². The lowest BCUT2D eigenvalue weighted by atomic mass is 10.1. The van der Waals surface area contributed by atoms with Crippen molar-refractivity contribution in [2.75, 3.05) is 7.11 Å². The quantitative estimate of drug-likeness (QED) is 0.401. The number of hydrogen-bond donors (Lipinski definition) is 0. The van der Waals surface area contributed by atoms with Gasteiger partial charge in [-0.1, -0.05) is 30.3 Å². The molecule has 0 aliphatic heterocycles. The number of non-ortho nitro benzene ring substituents is 1. The SMILES string of the molecule is COC(=O)Oc1c(-c2ccccc2)nn(-c2ccc([N+](=O)[O-])cc2)c1C. The normalized spacial score (nSPS) is 10.4. The second-order valence-electron chi connectivity index (χ2n) is 5.37. The summed E-state index contributed by atoms with van der Waals surface area (Å²) in [6, 6.07) is 15.2. The van der Waals surface area contributed by atoms with E-state index in [2.05, 4.69) is 9.84 Å². The van der Waals surface area contributed by atoms with Gasteiger partial charge in [-0.25, -0.2) is 9.48 Å². The molecule has 3 aromatic rings. The summed E-state index contributed by atoms with van der Waals surface area (Å²) in [5.74, 6) is 0.265. The first kappa shape index (κ1) is 17.2. The van der Waals surface area contributed by atoms with E-state index >= 15 is 0 Å². The van der Waals surface area contributed by atoms with E-state index < -0.39 is 11.1 Å². The zero-order chi connectivity index (χ0) is 18.7. The zero-order valence-electron chi connectivity index (χ0n) is 14.1. The summed E-state index contributed by atoms with van der Waals surface area (Å²) in [5, 5.41) is 15.4. The third-order valence-electron chi connectivity index (χ3n) is 3.77. The number of rotatable bonds is 4. The van der Waals surface area contributed by atoms with Crippen molar-refractivity contribution in [1.82, 2.24) is 9.78 Å². The van der Waals surface area contributed by atoms with Crippen LogP contribution in [-0.2, 0) is 4.74 Å². The van der Waals surface area contributed by atoms with Gasteiger partial charge in [0, 0.05) is 17.7 Å². The van der Waals surface area contributed by atoms with Gasteiger partial charge < -0.3 is 9.47 Å². The van der Waals surface area contributed by atoms with Gasteiger partial charge in [0.25, 0.3) is 5.69 Å². The summed E-state index contributed by atoms with van der Waals surface area (Å²) in [4.78, 5) is 22.0. The highest BCUT2D eigenvalue weighted by Crippen LogP contribution is 2.34. The monoisotopic (exact) mass is 353 g/mol. The van der Waals surface area contributed by atoms with E-state index in [0.717, 1.165) is 5.56 Å². The molecule has 1 aromatic heterocycles. The predicted octanol–water partition coefficient (Wildman–Crippen LogP) is 3.90. The Labute approximate surface area is 148 Å². The van der Waals surface area contributed by atoms with Gasteiger partial charge in [-0.3, -0.25) is 10.1 Å². The molecule has 26 heavy (non-hydrogen) atoms. The highest BCUT2D eigenvalue weighted by atomic mass is 16.7. The van der Waals surface area contributed by atoms with E-state index in [0.29, 0.717) is 17.1 Å². The van der Waals surface area contributed by atoms with Crippen molar-refractivity contribution in [3.05, 3.63) is 70.4 Å². The van der Waals surface area contributed by atoms with Crippen LogP contribution in [0.1, 0.15) is 5.69 Å². The maximum atomic E-state index is 11.6. The maximum absolute atomic E-state index is 11.6. The van der Waals surface area contributed by atoms with Crippen LogP contribution in [0.15, 0.2) is 54.6 Å². The number of aromatic nitrogens is 2. The number of hydrogen-bond acceptors (Lipinski definition) is 6. The lowest BCUT2D eigenvalue weighted by Crippen LogP contribution is -2.08. The van der Waals surface area contributed by atoms with Gasteiger partial charge in [-0.2, -0.15) is 5.10 Å². The molecule has 0 saturated carbocycles. The number of ether oxygens (including phenoxy) is 2. The molecule has 0 aliphatic rings. The number of nitro groups is 1. The molecule has 2 aromatic carbocycles. The molecule has 1 heterocycles. The van der Waals surface area contributed by atoms with E-state index in [-0.39, 0.29) is 11.4 Å². The molecule has 0 spiro atoms. The van der Waals surface area contributed by atoms with Crippen molar-refractivity contribution in [2.24, 2.45) is 0 Å². The van der Waals surface area contributed by atoms with Gasteiger partial charge in [-0.15, -0.1) is 0 Å². The van der Waals surface area contributed by atoms with E-state index in [1.807, 2.05) is 30.3 Å². The molecule has 0 radical (unpaired) electrons. The van der Waals surface area contributed by atoms with E-state index in [9.17, 15) is 14.9 Å². The molecule has 0 atom stereocenters. The van der Waals surface area contributed by atoms with Crippen LogP contribution in [-0.4, -0.2) is 28.0 Å². The first-order valence-corrected chi connectivity index (χ1v) is 7.67. The minimum atomic E-state index is -0.853. The van der Waals surface area contributed by atoms with E-state index in [1.54, 1.807) is 23.7 Å². The molecule has 8 nitrogen and oxygen atoms in total. The maximum Gasteiger partial charge on any atom is 0.513 e. The van der Waals surface area contributed by atoms with Crippen LogP contribution in [0.3, 0.4) is 0 Å². The fourth-order valence-electron chi connectivity index (χ4n) is 2.49. The first-order chi connectivity index (χ1) is 12.5. The fourth-order valence-corrected chi connectivity index (χ4v) is 2.49. The molecular formula is C18H15N3O5. The molecule has 0 fully saturated rings. The Hall–Kier alpha value is -3.68. The third kappa shape index (κ3) is 3.25. The Morgan fingerprint density at radius 1 is 1.12 bits per heavy atom. The van der Waals surface area contributed by atoms with Crippen LogP contribution >= 0.6 is 0 Å². The van der Waals surface area contributed by atoms with Gasteiger partial charge in [-0.05, 0) is 19.1 Å². The molecule has 0 amide bonds. The van der Waals surface area contributed by atoms with Crippen molar-refractivity contribution in [2.45, 2.75) is 6.92 Å². The van der Waals surface area contributed by atoms with Gasteiger partial charge in [0.2, 0.25) is 0 Å². The molecule has 0 saturated heterocycles. The second-order valence-corrected chi connectivity index (χ2v) is 5.37. The standard InChI is InChI=1S/C18H15N3O5/c1-12-17(26-18(22)25-2)16(13-6-4-3-5-7-13)19-20(12)14-8-10-15(11-9-14)21(23)24/h3-11H,1-2H3. The summed E-state index contributed by atoms with van der Waals surface area (Å²) in [6.07, 6.45) is -0.853. The van der Waals surface area contributed by atoms with Crippen molar-refractivity contribution < 1.29 is 19.2 Å². The zero-order valence-corrected chi connectivity index (χ0v) is 14.1. The smallest absolute Gasteiger partial charge is 0.437 e. The van der Waals surface area contributed by atoms with Crippen molar-refractivity contribution >= 4 is 11.8 Å². The number of methoxy groups -OCH3 is 1. The number of benzene rings is 2. The summed E-state index contributed by atoms with van der Waals surface area (Å²) in [6.45, 7) is 1.74. The Morgan fingerprint density at radius 3 is 2.35 bits per heavy atom. The highest BCUT2D eigenvalue weighted by Gasteiger charge is 2.22. The van der Waals surface area contributed by atoms with Crippen LogP contribution in [0.25, 0.3) is 16.9 Å². The average Bonchev–Trinajstić information content (AvgIpc) is 2.99. The summed E-state index contributed by atoms with van der Waals surface area (Å²) >= 11 is 0. The molecule has 0 bridgehead atoms. The van der Waals surface area contributed by atoms with Crippen molar-refractivity contribution in [3.63, 3.8) is 0 Å². The minimum Gasteiger partial charge on any atom is -0.437 e. The fraction of sp³-hybridized carbons (Fsp3) is 0.111. The molecule has 8 heteroatoms. The van der Waals surface area contributed by atoms with Crippen molar-refractivity contribution in [3.8, 4) is 22.7 Å². The molecule has 0 aliphatic carbocycles. The Morgan fingerprint density at radius 2 is 1.77 bits per heavy atom. The number of carbonyl (C=O) groups is 1. The molecule has 3 rings (SSSR count). The third-order valence-corrected chi connectivity index (χ3v) is 3.77. The van der Waals surface area contributed by atoms with E-state index in [4.69, 9.17) is 4.74 Å². The Balaban J connectivity index is 2.11. The number of nitro benzene ring substituents is 1. The largest absolute Gasteiger partial charge is 0.513 e. The van der Waals surface area contributed by atoms with Crippen LogP contribution in [0.2, 0.25) is 0 Å². The summed E-state index contributed by atoms with van der Waals surface area (Å²) in [5.41, 5.74) is 2.36. The van der Waals surface area contributed by atoms with E-state index in [1.165, 1.54) is 19.2 Å². The average molecular weight is 353 g/mol. The number of carbonyl (C=O) groups excluding carboxylic acids is 1. The summed E-state index contributed by atoms with van der Waals surface area (Å²) in [7, 11) is 1.22. The van der Waals surface area contributed by atoms with Crippen molar-refractivity contribution in [1.29, 1.82) is 0 Å². The van der Waals surface area contributed by atoms with Crippen LogP contribution in [0.4, 0.5) is 10.5 Å². The lowest BCUT2D eigenvalue weighted by molar-refractivity contribution is -0.384. The topological polar surface area (TPSA) is 96.5 Å². The lowest BCUT2D eigenvalue weighted by Gasteiger charge is -2.05. The molecule has 0 unspecified atom stereocenters. The van der Waals surface area contributed by atoms with Gasteiger partial charge in [0.1, 0.15) is 5.69 Å². The van der Waals surface area contributed by atoms with Crippen LogP contribution < -0.4 is 4.74 Å². The number of nitrogens with zero attached hydrogens (tertiary/aromatic N) is 3. The van der Waals surface area contributed by atoms with Gasteiger partial charge in [0.15, 0.2) is 5.75 Å². The highest BCUT2D eigenvalue weighted by molar-refractivity contribution is 5.73. The Kier molecular flexibility index (Phi) is 4.66. The molecule has 0 N–H and O–H groups in total. The second kappa shape index (κ2) is 7.06. The van der Waals surface area contributed by atoms with Gasteiger partial charge >= 0.3 is 6.16 Å². The van der Waals surface area contributed by atoms with Crippen LogP contribution in [0, 0.1) is 17.0 Å². The van der Waals surface area contributed by atoms with Crippen LogP contribution in [0.5, 0.6) is 5.75 Å². The molecular weight excluding hydrogens is 338 g/mol. The molecule has 132 valence electrons. The predicted molar refractivity (Wildman–Crippen MR) is 93.4 cm³/mol. The Bertz CT molecular complexity index is 949. The summed E-state index contributed by atoms with van der Waals surface area (Å²) < 4.78 is 11.4. The minimum absolute atomic E-state index is 0.0205. The first-order valence-electron chi connectivity index (χ1n) is 7.67.